The minimum atomic E-state index is 0.216. The first-order valence-electron chi connectivity index (χ1n) is 7.26. The van der Waals surface area contributed by atoms with Gasteiger partial charge in [-0.15, -0.1) is 11.3 Å². The average molecular weight is 348 g/mol. The van der Waals surface area contributed by atoms with E-state index in [0.29, 0.717) is 5.82 Å². The molecule has 3 heterocycles. The van der Waals surface area contributed by atoms with Crippen molar-refractivity contribution in [1.29, 1.82) is 0 Å². The summed E-state index contributed by atoms with van der Waals surface area (Å²) in [4.78, 5) is 15.8. The molecule has 0 radical (unpaired) electrons. The molecule has 0 amide bonds. The topological polar surface area (TPSA) is 63.2 Å². The van der Waals surface area contributed by atoms with E-state index in [1.54, 1.807) is 5.51 Å². The Balaban J connectivity index is 1.64. The number of nitrogens with one attached hydrogen (secondary N) is 1. The summed E-state index contributed by atoms with van der Waals surface area (Å²) >= 11 is 7.44. The summed E-state index contributed by atoms with van der Waals surface area (Å²) in [5.74, 6) is 0.625. The Morgan fingerprint density at radius 2 is 2.09 bits per heavy atom. The number of benzene rings is 1. The normalized spacial score (nSPS) is 15.1. The molecule has 3 aromatic rings. The second-order valence-corrected chi connectivity index (χ2v) is 6.29. The number of rotatable bonds is 3. The van der Waals surface area contributed by atoms with E-state index in [2.05, 4.69) is 37.3 Å². The number of fused-ring (bicyclic) bond motifs is 1. The molecule has 0 unspecified atom stereocenters. The summed E-state index contributed by atoms with van der Waals surface area (Å²) in [6, 6.07) is 8.22. The van der Waals surface area contributed by atoms with Crippen LogP contribution in [0.1, 0.15) is 0 Å². The Morgan fingerprint density at radius 1 is 1.22 bits per heavy atom. The molecule has 1 aromatic carbocycles. The van der Waals surface area contributed by atoms with Gasteiger partial charge in [0.05, 0.1) is 18.7 Å². The molecule has 1 aliphatic rings. The number of ether oxygens (including phenoxy) is 1. The van der Waals surface area contributed by atoms with Gasteiger partial charge in [0, 0.05) is 24.5 Å². The Bertz CT molecular complexity index is 834. The zero-order valence-electron chi connectivity index (χ0n) is 12.2. The van der Waals surface area contributed by atoms with Gasteiger partial charge in [-0.05, 0) is 29.8 Å². The molecule has 118 valence electrons. The molecule has 0 bridgehead atoms. The third-order valence-corrected chi connectivity index (χ3v) is 4.54. The molecule has 4 rings (SSSR count). The Hall–Kier alpha value is -1.96. The van der Waals surface area contributed by atoms with Crippen molar-refractivity contribution in [3.63, 3.8) is 0 Å². The number of thiazole rings is 1. The molecule has 8 heteroatoms. The van der Waals surface area contributed by atoms with Gasteiger partial charge in [-0.25, -0.2) is 9.97 Å². The van der Waals surface area contributed by atoms with E-state index in [1.165, 1.54) is 11.3 Å². The molecule has 0 saturated carbocycles. The summed E-state index contributed by atoms with van der Waals surface area (Å²) in [7, 11) is 0. The van der Waals surface area contributed by atoms with E-state index in [-0.39, 0.29) is 5.28 Å². The molecule has 2 aromatic heterocycles. The zero-order chi connectivity index (χ0) is 15.6. The molecule has 0 aliphatic carbocycles. The number of aromatic nitrogens is 3. The van der Waals surface area contributed by atoms with E-state index < -0.39 is 0 Å². The van der Waals surface area contributed by atoms with Crippen molar-refractivity contribution in [1.82, 2.24) is 15.0 Å². The smallest absolute Gasteiger partial charge is 0.225 e. The van der Waals surface area contributed by atoms with Crippen molar-refractivity contribution in [3.8, 4) is 0 Å². The van der Waals surface area contributed by atoms with Crippen LogP contribution < -0.4 is 10.2 Å². The first kappa shape index (κ1) is 14.6. The van der Waals surface area contributed by atoms with Crippen molar-refractivity contribution in [2.75, 3.05) is 36.5 Å². The van der Waals surface area contributed by atoms with Crippen molar-refractivity contribution in [2.24, 2.45) is 0 Å². The highest BCUT2D eigenvalue weighted by Gasteiger charge is 2.13. The third kappa shape index (κ3) is 3.08. The summed E-state index contributed by atoms with van der Waals surface area (Å²) in [6.45, 7) is 3.33. The molecular weight excluding hydrogens is 334 g/mol. The van der Waals surface area contributed by atoms with Crippen molar-refractivity contribution in [2.45, 2.75) is 0 Å². The lowest BCUT2D eigenvalue weighted by Crippen LogP contribution is -2.36. The summed E-state index contributed by atoms with van der Waals surface area (Å²) in [5, 5.41) is 3.52. The lowest BCUT2D eigenvalue weighted by molar-refractivity contribution is 0.122. The number of halogens is 1. The van der Waals surface area contributed by atoms with Crippen molar-refractivity contribution in [3.05, 3.63) is 35.1 Å². The van der Waals surface area contributed by atoms with E-state index in [1.807, 2.05) is 12.1 Å². The highest BCUT2D eigenvalue weighted by Crippen LogP contribution is 2.28. The number of nitrogens with zero attached hydrogens (tertiary/aromatic N) is 4. The van der Waals surface area contributed by atoms with Gasteiger partial charge >= 0.3 is 0 Å². The zero-order valence-corrected chi connectivity index (χ0v) is 13.8. The van der Waals surface area contributed by atoms with Gasteiger partial charge in [0.2, 0.25) is 5.28 Å². The van der Waals surface area contributed by atoms with Gasteiger partial charge in [0.15, 0.2) is 10.6 Å². The standard InChI is InChI=1S/C15H14ClN5OS/c16-15-19-13(12-14(20-15)23-9-17-12)18-10-2-1-3-11(8-10)21-4-6-22-7-5-21/h1-3,8-9H,4-7H2,(H,18,19,20). The summed E-state index contributed by atoms with van der Waals surface area (Å²) < 4.78 is 5.40. The molecule has 0 spiro atoms. The van der Waals surface area contributed by atoms with Crippen LogP contribution in [0.25, 0.3) is 10.3 Å². The van der Waals surface area contributed by atoms with Crippen LogP contribution in [0.2, 0.25) is 5.28 Å². The highest BCUT2D eigenvalue weighted by atomic mass is 35.5. The first-order valence-corrected chi connectivity index (χ1v) is 8.52. The fraction of sp³-hybridized carbons (Fsp3) is 0.267. The lowest BCUT2D eigenvalue weighted by Gasteiger charge is -2.29. The minimum absolute atomic E-state index is 0.216. The summed E-state index contributed by atoms with van der Waals surface area (Å²) in [6.07, 6.45) is 0. The maximum Gasteiger partial charge on any atom is 0.225 e. The van der Waals surface area contributed by atoms with Crippen LogP contribution >= 0.6 is 22.9 Å². The second-order valence-electron chi connectivity index (χ2n) is 5.12. The minimum Gasteiger partial charge on any atom is -0.378 e. The van der Waals surface area contributed by atoms with Crippen molar-refractivity contribution >= 4 is 50.5 Å². The molecule has 23 heavy (non-hydrogen) atoms. The van der Waals surface area contributed by atoms with E-state index in [9.17, 15) is 0 Å². The van der Waals surface area contributed by atoms with E-state index in [0.717, 1.165) is 48.0 Å². The average Bonchev–Trinajstić information content (AvgIpc) is 3.04. The Morgan fingerprint density at radius 3 is 2.96 bits per heavy atom. The lowest BCUT2D eigenvalue weighted by atomic mass is 10.2. The van der Waals surface area contributed by atoms with Crippen LogP contribution in [0.3, 0.4) is 0 Å². The molecule has 0 atom stereocenters. The van der Waals surface area contributed by atoms with Crippen molar-refractivity contribution < 1.29 is 4.74 Å². The van der Waals surface area contributed by atoms with Crippen LogP contribution in [-0.4, -0.2) is 41.3 Å². The van der Waals surface area contributed by atoms with Gasteiger partial charge in [-0.2, -0.15) is 4.98 Å². The Kier molecular flexibility index (Phi) is 3.99. The molecule has 1 N–H and O–H groups in total. The van der Waals surface area contributed by atoms with Crippen LogP contribution in [0.15, 0.2) is 29.8 Å². The molecule has 6 nitrogen and oxygen atoms in total. The fourth-order valence-corrected chi connectivity index (χ4v) is 3.44. The Labute approximate surface area is 142 Å². The molecular formula is C15H14ClN5OS. The van der Waals surface area contributed by atoms with Crippen LogP contribution in [0.5, 0.6) is 0 Å². The van der Waals surface area contributed by atoms with Gasteiger partial charge < -0.3 is 15.0 Å². The maximum atomic E-state index is 5.99. The third-order valence-electron chi connectivity index (χ3n) is 3.66. The summed E-state index contributed by atoms with van der Waals surface area (Å²) in [5.41, 5.74) is 4.58. The van der Waals surface area contributed by atoms with Crippen LogP contribution in [0, 0.1) is 0 Å². The molecule has 1 aliphatic heterocycles. The number of morpholine rings is 1. The number of hydrogen-bond donors (Lipinski definition) is 1. The van der Waals surface area contributed by atoms with Gasteiger partial charge in [0.1, 0.15) is 5.52 Å². The largest absolute Gasteiger partial charge is 0.378 e. The second kappa shape index (κ2) is 6.27. The monoisotopic (exact) mass is 347 g/mol. The highest BCUT2D eigenvalue weighted by molar-refractivity contribution is 7.16. The number of hydrogen-bond acceptors (Lipinski definition) is 7. The molecule has 1 fully saturated rings. The van der Waals surface area contributed by atoms with E-state index >= 15 is 0 Å². The van der Waals surface area contributed by atoms with Gasteiger partial charge in [-0.3, -0.25) is 0 Å². The van der Waals surface area contributed by atoms with Gasteiger partial charge in [0.25, 0.3) is 0 Å². The fourth-order valence-electron chi connectivity index (χ4n) is 2.56. The van der Waals surface area contributed by atoms with Crippen LogP contribution in [0.4, 0.5) is 17.2 Å². The predicted molar refractivity (Wildman–Crippen MR) is 93.0 cm³/mol. The van der Waals surface area contributed by atoms with E-state index in [4.69, 9.17) is 16.3 Å². The van der Waals surface area contributed by atoms with Gasteiger partial charge in [-0.1, -0.05) is 6.07 Å². The first-order chi connectivity index (χ1) is 11.3. The molecule has 1 saturated heterocycles. The predicted octanol–water partition coefficient (Wildman–Crippen LogP) is 3.32. The number of anilines is 3. The quantitative estimate of drug-likeness (QED) is 0.733. The SMILES string of the molecule is Clc1nc(Nc2cccc(N3CCOCC3)c2)c2ncsc2n1. The maximum absolute atomic E-state index is 5.99. The van der Waals surface area contributed by atoms with Crippen LogP contribution in [-0.2, 0) is 4.74 Å².